The van der Waals surface area contributed by atoms with Crippen molar-refractivity contribution >= 4 is 35.6 Å². The monoisotopic (exact) mass is 345 g/mol. The largest absolute Gasteiger partial charge is 0.356 e. The summed E-state index contributed by atoms with van der Waals surface area (Å²) in [7, 11) is 0. The summed E-state index contributed by atoms with van der Waals surface area (Å²) in [5, 5.41) is 11.0. The first-order chi connectivity index (χ1) is 10.2. The summed E-state index contributed by atoms with van der Waals surface area (Å²) >= 11 is 1.43. The minimum Gasteiger partial charge on any atom is -0.356 e. The lowest BCUT2D eigenvalue weighted by molar-refractivity contribution is -0.126. The molecule has 2 rings (SSSR count). The van der Waals surface area contributed by atoms with Crippen LogP contribution in [-0.2, 0) is 4.79 Å². The quantitative estimate of drug-likeness (QED) is 0.688. The number of nitrogens with one attached hydrogen (secondary N) is 3. The van der Waals surface area contributed by atoms with E-state index in [2.05, 4.69) is 22.9 Å². The first-order valence-electron chi connectivity index (χ1n) is 7.49. The third kappa shape index (κ3) is 5.94. The number of amides is 2. The van der Waals surface area contributed by atoms with E-state index < -0.39 is 0 Å². The van der Waals surface area contributed by atoms with Crippen molar-refractivity contribution in [1.29, 1.82) is 0 Å². The lowest BCUT2D eigenvalue weighted by Crippen LogP contribution is -2.42. The Morgan fingerprint density at radius 1 is 1.36 bits per heavy atom. The van der Waals surface area contributed by atoms with E-state index in [0.717, 1.165) is 30.7 Å². The van der Waals surface area contributed by atoms with Crippen LogP contribution in [-0.4, -0.2) is 37.5 Å². The fourth-order valence-electron chi connectivity index (χ4n) is 2.51. The Labute approximate surface area is 141 Å². The summed E-state index contributed by atoms with van der Waals surface area (Å²) in [6.45, 7) is 4.22. The summed E-state index contributed by atoms with van der Waals surface area (Å²) in [4.78, 5) is 24.4. The molecule has 0 radical (unpaired) electrons. The van der Waals surface area contributed by atoms with E-state index in [4.69, 9.17) is 0 Å². The molecule has 22 heavy (non-hydrogen) atoms. The van der Waals surface area contributed by atoms with Gasteiger partial charge in [0.25, 0.3) is 5.91 Å². The van der Waals surface area contributed by atoms with E-state index in [0.29, 0.717) is 19.1 Å². The molecule has 1 aliphatic heterocycles. The van der Waals surface area contributed by atoms with Crippen molar-refractivity contribution in [3.8, 4) is 0 Å². The number of halogens is 1. The van der Waals surface area contributed by atoms with Gasteiger partial charge < -0.3 is 16.0 Å². The van der Waals surface area contributed by atoms with Gasteiger partial charge in [0.15, 0.2) is 0 Å². The standard InChI is InChI=1S/C15H23N3O2S.ClH/c1-11-10-12(5-8-16-11)14(19)17-6-3-7-18-15(20)13-4-2-9-21-13;/h2,4,9,11-12,16H,3,5-8,10H2,1H3,(H,17,19)(H,18,20);1H/t11-,12-;/m0./s1. The van der Waals surface area contributed by atoms with Crippen molar-refractivity contribution in [2.75, 3.05) is 19.6 Å². The number of carbonyl (C=O) groups excluding carboxylic acids is 2. The molecule has 0 spiro atoms. The summed E-state index contributed by atoms with van der Waals surface area (Å²) in [5.74, 6) is 0.235. The topological polar surface area (TPSA) is 70.2 Å². The van der Waals surface area contributed by atoms with Crippen LogP contribution in [0.2, 0.25) is 0 Å². The predicted molar refractivity (Wildman–Crippen MR) is 91.7 cm³/mol. The molecular formula is C15H24ClN3O2S. The highest BCUT2D eigenvalue weighted by atomic mass is 35.5. The van der Waals surface area contributed by atoms with E-state index in [1.54, 1.807) is 6.07 Å². The Bertz CT molecular complexity index is 467. The van der Waals surface area contributed by atoms with Crippen LogP contribution in [0.25, 0.3) is 0 Å². The number of thiophene rings is 1. The molecule has 2 atom stereocenters. The molecule has 1 aliphatic rings. The minimum atomic E-state index is -0.0384. The molecule has 1 aromatic rings. The minimum absolute atomic E-state index is 0. The van der Waals surface area contributed by atoms with Crippen molar-refractivity contribution < 1.29 is 9.59 Å². The highest BCUT2D eigenvalue weighted by Gasteiger charge is 2.24. The van der Waals surface area contributed by atoms with Crippen LogP contribution in [0.5, 0.6) is 0 Å². The molecule has 0 saturated carbocycles. The molecule has 1 aromatic heterocycles. The lowest BCUT2D eigenvalue weighted by Gasteiger charge is -2.27. The van der Waals surface area contributed by atoms with Gasteiger partial charge in [0.05, 0.1) is 4.88 Å². The molecule has 0 bridgehead atoms. The van der Waals surface area contributed by atoms with Crippen LogP contribution < -0.4 is 16.0 Å². The third-order valence-electron chi connectivity index (χ3n) is 3.68. The molecule has 7 heteroatoms. The molecule has 0 aliphatic carbocycles. The van der Waals surface area contributed by atoms with Gasteiger partial charge in [-0.05, 0) is 44.2 Å². The maximum Gasteiger partial charge on any atom is 0.261 e. The Balaban J connectivity index is 0.00000242. The van der Waals surface area contributed by atoms with Crippen molar-refractivity contribution in [3.63, 3.8) is 0 Å². The van der Waals surface area contributed by atoms with Gasteiger partial charge in [0.2, 0.25) is 5.91 Å². The average molecular weight is 346 g/mol. The number of rotatable bonds is 6. The summed E-state index contributed by atoms with van der Waals surface area (Å²) < 4.78 is 0. The molecule has 2 heterocycles. The van der Waals surface area contributed by atoms with Gasteiger partial charge in [-0.2, -0.15) is 0 Å². The Hall–Kier alpha value is -1.11. The van der Waals surface area contributed by atoms with Crippen molar-refractivity contribution in [2.45, 2.75) is 32.2 Å². The second-order valence-electron chi connectivity index (χ2n) is 5.45. The third-order valence-corrected chi connectivity index (χ3v) is 4.55. The fourth-order valence-corrected chi connectivity index (χ4v) is 3.15. The SMILES string of the molecule is C[C@H]1C[C@@H](C(=O)NCCCNC(=O)c2cccs2)CCN1.Cl. The summed E-state index contributed by atoms with van der Waals surface area (Å²) in [6.07, 6.45) is 2.57. The van der Waals surface area contributed by atoms with Gasteiger partial charge in [0.1, 0.15) is 0 Å². The van der Waals surface area contributed by atoms with Gasteiger partial charge in [-0.3, -0.25) is 9.59 Å². The van der Waals surface area contributed by atoms with Crippen LogP contribution in [0, 0.1) is 5.92 Å². The summed E-state index contributed by atoms with van der Waals surface area (Å²) in [5.41, 5.74) is 0. The van der Waals surface area contributed by atoms with E-state index in [-0.39, 0.29) is 30.1 Å². The van der Waals surface area contributed by atoms with Gasteiger partial charge >= 0.3 is 0 Å². The number of hydrogen-bond donors (Lipinski definition) is 3. The molecule has 5 nitrogen and oxygen atoms in total. The highest BCUT2D eigenvalue weighted by Crippen LogP contribution is 2.15. The number of hydrogen-bond acceptors (Lipinski definition) is 4. The summed E-state index contributed by atoms with van der Waals surface area (Å²) in [6, 6.07) is 4.08. The second-order valence-corrected chi connectivity index (χ2v) is 6.40. The van der Waals surface area contributed by atoms with Crippen LogP contribution >= 0.6 is 23.7 Å². The molecule has 1 fully saturated rings. The van der Waals surface area contributed by atoms with Crippen LogP contribution in [0.15, 0.2) is 17.5 Å². The van der Waals surface area contributed by atoms with Gasteiger partial charge in [-0.1, -0.05) is 6.07 Å². The predicted octanol–water partition coefficient (Wildman–Crippen LogP) is 1.79. The lowest BCUT2D eigenvalue weighted by atomic mass is 9.92. The smallest absolute Gasteiger partial charge is 0.261 e. The Kier molecular flexibility index (Phi) is 8.45. The molecule has 0 aromatic carbocycles. The molecule has 0 unspecified atom stereocenters. The van der Waals surface area contributed by atoms with E-state index >= 15 is 0 Å². The zero-order valence-corrected chi connectivity index (χ0v) is 14.4. The van der Waals surface area contributed by atoms with Gasteiger partial charge in [0, 0.05) is 25.0 Å². The molecule has 2 amide bonds. The van der Waals surface area contributed by atoms with Crippen molar-refractivity contribution in [1.82, 2.24) is 16.0 Å². The normalized spacial score (nSPS) is 20.8. The van der Waals surface area contributed by atoms with Gasteiger partial charge in [-0.25, -0.2) is 0 Å². The zero-order chi connectivity index (χ0) is 15.1. The zero-order valence-electron chi connectivity index (χ0n) is 12.8. The highest BCUT2D eigenvalue weighted by molar-refractivity contribution is 7.12. The Morgan fingerprint density at radius 3 is 2.82 bits per heavy atom. The Morgan fingerprint density at radius 2 is 2.14 bits per heavy atom. The number of carbonyl (C=O) groups is 2. The molecule has 1 saturated heterocycles. The number of piperidine rings is 1. The average Bonchev–Trinajstić information content (AvgIpc) is 3.00. The van der Waals surface area contributed by atoms with Crippen LogP contribution in [0.3, 0.4) is 0 Å². The maximum absolute atomic E-state index is 12.0. The van der Waals surface area contributed by atoms with E-state index in [9.17, 15) is 9.59 Å². The van der Waals surface area contributed by atoms with E-state index in [1.165, 1.54) is 11.3 Å². The molecular weight excluding hydrogens is 322 g/mol. The van der Waals surface area contributed by atoms with Gasteiger partial charge in [-0.15, -0.1) is 23.7 Å². The molecule has 124 valence electrons. The van der Waals surface area contributed by atoms with Crippen LogP contribution in [0.4, 0.5) is 0 Å². The first kappa shape index (κ1) is 18.9. The van der Waals surface area contributed by atoms with Crippen LogP contribution in [0.1, 0.15) is 35.9 Å². The van der Waals surface area contributed by atoms with E-state index in [1.807, 2.05) is 11.4 Å². The fraction of sp³-hybridized carbons (Fsp3) is 0.600. The second kappa shape index (κ2) is 9.82. The van der Waals surface area contributed by atoms with Crippen molar-refractivity contribution in [3.05, 3.63) is 22.4 Å². The first-order valence-corrected chi connectivity index (χ1v) is 8.37. The molecule has 3 N–H and O–H groups in total. The maximum atomic E-state index is 12.0. The van der Waals surface area contributed by atoms with Crippen molar-refractivity contribution in [2.24, 2.45) is 5.92 Å².